The van der Waals surface area contributed by atoms with Gasteiger partial charge in [-0.05, 0) is 32.0 Å². The van der Waals surface area contributed by atoms with Crippen LogP contribution in [0, 0.1) is 0 Å². The summed E-state index contributed by atoms with van der Waals surface area (Å²) in [6.45, 7) is 5.72. The Morgan fingerprint density at radius 1 is 1.33 bits per heavy atom. The molecule has 1 fully saturated rings. The highest BCUT2D eigenvalue weighted by Gasteiger charge is 2.31. The summed E-state index contributed by atoms with van der Waals surface area (Å²) in [7, 11) is -2.91. The molecule has 0 radical (unpaired) electrons. The van der Waals surface area contributed by atoms with Crippen molar-refractivity contribution in [3.05, 3.63) is 24.3 Å². The number of hydrogen-bond donors (Lipinski definition) is 1. The van der Waals surface area contributed by atoms with Gasteiger partial charge in [0.25, 0.3) is 0 Å². The Labute approximate surface area is 144 Å². The molecule has 1 amide bonds. The van der Waals surface area contributed by atoms with E-state index in [2.05, 4.69) is 10.2 Å². The van der Waals surface area contributed by atoms with Crippen LogP contribution in [0.5, 0.6) is 5.75 Å². The van der Waals surface area contributed by atoms with Gasteiger partial charge in [-0.25, -0.2) is 8.42 Å². The third-order valence-corrected chi connectivity index (χ3v) is 5.97. The Bertz CT molecular complexity index is 660. The van der Waals surface area contributed by atoms with Crippen LogP contribution in [0.4, 0.5) is 5.69 Å². The summed E-state index contributed by atoms with van der Waals surface area (Å²) in [6.07, 6.45) is 0.982. The van der Waals surface area contributed by atoms with Gasteiger partial charge in [0.05, 0.1) is 23.8 Å². The predicted octanol–water partition coefficient (Wildman–Crippen LogP) is 1.92. The van der Waals surface area contributed by atoms with Crippen molar-refractivity contribution in [3.63, 3.8) is 0 Å². The van der Waals surface area contributed by atoms with Gasteiger partial charge >= 0.3 is 0 Å². The molecule has 0 spiro atoms. The van der Waals surface area contributed by atoms with E-state index in [-0.39, 0.29) is 23.5 Å². The number of para-hydroxylation sites is 2. The molecular formula is C17H26N2O4S. The molecule has 1 N–H and O–H groups in total. The minimum absolute atomic E-state index is 0.0310. The normalized spacial score (nSPS) is 19.4. The Morgan fingerprint density at radius 3 is 2.71 bits per heavy atom. The zero-order valence-corrected chi connectivity index (χ0v) is 15.1. The minimum Gasteiger partial charge on any atom is -0.492 e. The summed E-state index contributed by atoms with van der Waals surface area (Å²) >= 11 is 0. The topological polar surface area (TPSA) is 75.7 Å². The van der Waals surface area contributed by atoms with Crippen molar-refractivity contribution in [1.82, 2.24) is 4.90 Å². The fourth-order valence-corrected chi connectivity index (χ4v) is 4.73. The first kappa shape index (κ1) is 18.7. The van der Waals surface area contributed by atoms with Crippen molar-refractivity contribution in [3.8, 4) is 5.75 Å². The lowest BCUT2D eigenvalue weighted by Crippen LogP contribution is -2.38. The zero-order chi connectivity index (χ0) is 17.6. The van der Waals surface area contributed by atoms with Crippen molar-refractivity contribution in [2.24, 2.45) is 0 Å². The number of amides is 1. The molecule has 1 unspecified atom stereocenters. The Hall–Kier alpha value is -1.60. The van der Waals surface area contributed by atoms with E-state index in [1.54, 1.807) is 0 Å². The fraction of sp³-hybridized carbons (Fsp3) is 0.588. The van der Waals surface area contributed by atoms with Crippen molar-refractivity contribution in [2.75, 3.05) is 36.5 Å². The molecule has 1 aliphatic heterocycles. The molecule has 1 atom stereocenters. The maximum Gasteiger partial charge on any atom is 0.225 e. The van der Waals surface area contributed by atoms with Gasteiger partial charge in [-0.1, -0.05) is 19.1 Å². The SMILES string of the molecule is CCOc1ccccc1NC(=O)CCN(CC)C1CCS(=O)(=O)C1. The third kappa shape index (κ3) is 5.21. The van der Waals surface area contributed by atoms with Gasteiger partial charge in [-0.3, -0.25) is 9.69 Å². The van der Waals surface area contributed by atoms with Crippen molar-refractivity contribution >= 4 is 21.4 Å². The van der Waals surface area contributed by atoms with Crippen molar-refractivity contribution < 1.29 is 17.9 Å². The van der Waals surface area contributed by atoms with Crippen LogP contribution in [0.3, 0.4) is 0 Å². The molecule has 1 aromatic carbocycles. The van der Waals surface area contributed by atoms with Gasteiger partial charge in [0.1, 0.15) is 5.75 Å². The second-order valence-corrected chi connectivity index (χ2v) is 8.14. The highest BCUT2D eigenvalue weighted by Crippen LogP contribution is 2.24. The molecule has 0 saturated carbocycles. The molecule has 6 nitrogen and oxygen atoms in total. The molecular weight excluding hydrogens is 328 g/mol. The van der Waals surface area contributed by atoms with E-state index in [9.17, 15) is 13.2 Å². The lowest BCUT2D eigenvalue weighted by molar-refractivity contribution is -0.116. The van der Waals surface area contributed by atoms with E-state index in [0.717, 1.165) is 6.54 Å². The number of benzene rings is 1. The van der Waals surface area contributed by atoms with Gasteiger partial charge in [0, 0.05) is 19.0 Å². The van der Waals surface area contributed by atoms with Gasteiger partial charge in [-0.2, -0.15) is 0 Å². The average Bonchev–Trinajstić information content (AvgIpc) is 2.90. The van der Waals surface area contributed by atoms with Crippen LogP contribution in [0.1, 0.15) is 26.7 Å². The molecule has 0 aromatic heterocycles. The van der Waals surface area contributed by atoms with Crippen LogP contribution in [0.15, 0.2) is 24.3 Å². The summed E-state index contributed by atoms with van der Waals surface area (Å²) < 4.78 is 28.7. The maximum atomic E-state index is 12.2. The average molecular weight is 354 g/mol. The van der Waals surface area contributed by atoms with Crippen LogP contribution in [-0.4, -0.2) is 56.5 Å². The quantitative estimate of drug-likeness (QED) is 0.772. The molecule has 1 aliphatic rings. The lowest BCUT2D eigenvalue weighted by atomic mass is 10.2. The van der Waals surface area contributed by atoms with E-state index in [1.165, 1.54) is 0 Å². The van der Waals surface area contributed by atoms with Crippen LogP contribution in [-0.2, 0) is 14.6 Å². The minimum atomic E-state index is -2.91. The third-order valence-electron chi connectivity index (χ3n) is 4.22. The number of sulfone groups is 1. The molecule has 134 valence electrons. The summed E-state index contributed by atoms with van der Waals surface area (Å²) in [5.41, 5.74) is 0.663. The number of carbonyl (C=O) groups is 1. The number of nitrogens with zero attached hydrogens (tertiary/aromatic N) is 1. The van der Waals surface area contributed by atoms with Crippen LogP contribution >= 0.6 is 0 Å². The molecule has 7 heteroatoms. The number of carbonyl (C=O) groups excluding carboxylic acids is 1. The Kier molecular flexibility index (Phi) is 6.62. The summed E-state index contributed by atoms with van der Waals surface area (Å²) in [6, 6.07) is 7.37. The van der Waals surface area contributed by atoms with E-state index in [4.69, 9.17) is 4.74 Å². The molecule has 1 heterocycles. The monoisotopic (exact) mass is 354 g/mol. The Balaban J connectivity index is 1.88. The standard InChI is InChI=1S/C17H26N2O4S/c1-3-19(14-10-12-24(21,22)13-14)11-9-17(20)18-15-7-5-6-8-16(15)23-4-2/h5-8,14H,3-4,9-13H2,1-2H3,(H,18,20). The molecule has 0 aliphatic carbocycles. The lowest BCUT2D eigenvalue weighted by Gasteiger charge is -2.26. The van der Waals surface area contributed by atoms with E-state index < -0.39 is 9.84 Å². The van der Waals surface area contributed by atoms with E-state index in [0.29, 0.717) is 37.4 Å². The number of nitrogens with one attached hydrogen (secondary N) is 1. The number of anilines is 1. The largest absolute Gasteiger partial charge is 0.492 e. The number of hydrogen-bond acceptors (Lipinski definition) is 5. The zero-order valence-electron chi connectivity index (χ0n) is 14.3. The Morgan fingerprint density at radius 2 is 2.08 bits per heavy atom. The van der Waals surface area contributed by atoms with E-state index in [1.807, 2.05) is 38.1 Å². The van der Waals surface area contributed by atoms with E-state index >= 15 is 0 Å². The van der Waals surface area contributed by atoms with Crippen LogP contribution in [0.25, 0.3) is 0 Å². The summed E-state index contributed by atoms with van der Waals surface area (Å²) in [5, 5.41) is 2.87. The highest BCUT2D eigenvalue weighted by atomic mass is 32.2. The van der Waals surface area contributed by atoms with Gasteiger partial charge < -0.3 is 10.1 Å². The second-order valence-electron chi connectivity index (χ2n) is 5.91. The second kappa shape index (κ2) is 8.48. The first-order valence-electron chi connectivity index (χ1n) is 8.41. The van der Waals surface area contributed by atoms with Gasteiger partial charge in [0.15, 0.2) is 9.84 Å². The summed E-state index contributed by atoms with van der Waals surface area (Å²) in [5.74, 6) is 1.02. The van der Waals surface area contributed by atoms with Crippen LogP contribution < -0.4 is 10.1 Å². The predicted molar refractivity (Wildman–Crippen MR) is 95.2 cm³/mol. The summed E-state index contributed by atoms with van der Waals surface area (Å²) in [4.78, 5) is 14.3. The van der Waals surface area contributed by atoms with Crippen molar-refractivity contribution in [2.45, 2.75) is 32.7 Å². The number of ether oxygens (including phenoxy) is 1. The fourth-order valence-electron chi connectivity index (χ4n) is 2.97. The molecule has 1 saturated heterocycles. The molecule has 2 rings (SSSR count). The number of rotatable bonds is 8. The highest BCUT2D eigenvalue weighted by molar-refractivity contribution is 7.91. The van der Waals surface area contributed by atoms with Gasteiger partial charge in [-0.15, -0.1) is 0 Å². The first-order chi connectivity index (χ1) is 11.4. The van der Waals surface area contributed by atoms with Gasteiger partial charge in [0.2, 0.25) is 5.91 Å². The van der Waals surface area contributed by atoms with Crippen molar-refractivity contribution in [1.29, 1.82) is 0 Å². The molecule has 1 aromatic rings. The smallest absolute Gasteiger partial charge is 0.225 e. The molecule has 0 bridgehead atoms. The first-order valence-corrected chi connectivity index (χ1v) is 10.2. The maximum absolute atomic E-state index is 12.2. The van der Waals surface area contributed by atoms with Crippen LogP contribution in [0.2, 0.25) is 0 Å². The molecule has 24 heavy (non-hydrogen) atoms.